The third-order valence-corrected chi connectivity index (χ3v) is 5.16. The van der Waals surface area contributed by atoms with E-state index in [0.717, 1.165) is 11.8 Å². The van der Waals surface area contributed by atoms with E-state index in [1.807, 2.05) is 13.0 Å². The van der Waals surface area contributed by atoms with Crippen LogP contribution in [0.15, 0.2) is 42.5 Å². The molecule has 0 fully saturated rings. The van der Waals surface area contributed by atoms with Gasteiger partial charge in [0.25, 0.3) is 5.91 Å². The molecule has 3 rings (SSSR count). The van der Waals surface area contributed by atoms with Gasteiger partial charge in [-0.05, 0) is 36.8 Å². The molecule has 0 saturated heterocycles. The minimum atomic E-state index is -3.55. The number of nitrogens with zero attached hydrogens (tertiary/aromatic N) is 1. The highest BCUT2D eigenvalue weighted by molar-refractivity contribution is 7.92. The van der Waals surface area contributed by atoms with Crippen LogP contribution in [-0.4, -0.2) is 40.3 Å². The standard InChI is InChI=1S/C18H20N2O5S/c1-12-7-8-16-15(9-12)20(26(3,22)23)11-17(25-16)18(21)19-13-5-4-6-14(10-13)24-2/h4-10,17H,11H2,1-3H3,(H,19,21)/t17-/m0/s1. The van der Waals surface area contributed by atoms with Crippen LogP contribution >= 0.6 is 0 Å². The molecule has 0 saturated carbocycles. The predicted octanol–water partition coefficient (Wildman–Crippen LogP) is 2.17. The van der Waals surface area contributed by atoms with E-state index in [9.17, 15) is 13.2 Å². The molecular formula is C18H20N2O5S. The van der Waals surface area contributed by atoms with Crippen molar-refractivity contribution >= 4 is 27.3 Å². The molecule has 0 unspecified atom stereocenters. The summed E-state index contributed by atoms with van der Waals surface area (Å²) in [4.78, 5) is 12.6. The second kappa shape index (κ2) is 6.87. The number of sulfonamides is 1. The van der Waals surface area contributed by atoms with Crippen molar-refractivity contribution in [1.82, 2.24) is 0 Å². The Morgan fingerprint density at radius 2 is 2.04 bits per heavy atom. The Morgan fingerprint density at radius 3 is 2.73 bits per heavy atom. The minimum absolute atomic E-state index is 0.0922. The van der Waals surface area contributed by atoms with Crippen molar-refractivity contribution in [3.8, 4) is 11.5 Å². The third kappa shape index (κ3) is 3.75. The Bertz CT molecular complexity index is 942. The molecular weight excluding hydrogens is 356 g/mol. The molecule has 7 nitrogen and oxygen atoms in total. The van der Waals surface area contributed by atoms with E-state index < -0.39 is 22.0 Å². The number of hydrogen-bond acceptors (Lipinski definition) is 5. The van der Waals surface area contributed by atoms with Crippen LogP contribution in [0.2, 0.25) is 0 Å². The smallest absolute Gasteiger partial charge is 0.267 e. The Balaban J connectivity index is 1.87. The quantitative estimate of drug-likeness (QED) is 0.884. The third-order valence-electron chi connectivity index (χ3n) is 4.01. The maximum atomic E-state index is 12.6. The maximum Gasteiger partial charge on any atom is 0.267 e. The SMILES string of the molecule is COc1cccc(NC(=O)[C@@H]2CN(S(C)(=O)=O)c3cc(C)ccc3O2)c1. The molecule has 0 aliphatic carbocycles. The van der Waals surface area contributed by atoms with Gasteiger partial charge in [-0.25, -0.2) is 8.42 Å². The van der Waals surface area contributed by atoms with Gasteiger partial charge in [0.15, 0.2) is 6.10 Å². The van der Waals surface area contributed by atoms with Crippen LogP contribution < -0.4 is 19.1 Å². The minimum Gasteiger partial charge on any atom is -0.497 e. The van der Waals surface area contributed by atoms with E-state index in [0.29, 0.717) is 22.9 Å². The number of hydrogen-bond donors (Lipinski definition) is 1. The van der Waals surface area contributed by atoms with Crippen molar-refractivity contribution in [3.63, 3.8) is 0 Å². The number of ether oxygens (including phenoxy) is 2. The van der Waals surface area contributed by atoms with Crippen molar-refractivity contribution < 1.29 is 22.7 Å². The summed E-state index contributed by atoms with van der Waals surface area (Å²) < 4.78 is 36.5. The van der Waals surface area contributed by atoms with Gasteiger partial charge >= 0.3 is 0 Å². The van der Waals surface area contributed by atoms with Gasteiger partial charge < -0.3 is 14.8 Å². The molecule has 0 aromatic heterocycles. The second-order valence-corrected chi connectivity index (χ2v) is 8.00. The normalized spacial score (nSPS) is 16.4. The molecule has 1 N–H and O–H groups in total. The molecule has 138 valence electrons. The first-order chi connectivity index (χ1) is 12.3. The number of aryl methyl sites for hydroxylation is 1. The van der Waals surface area contributed by atoms with E-state index >= 15 is 0 Å². The number of carbonyl (C=O) groups is 1. The number of benzene rings is 2. The molecule has 1 heterocycles. The highest BCUT2D eigenvalue weighted by atomic mass is 32.2. The molecule has 2 aromatic rings. The van der Waals surface area contributed by atoms with Crippen molar-refractivity contribution in [2.24, 2.45) is 0 Å². The molecule has 8 heteroatoms. The highest BCUT2D eigenvalue weighted by Crippen LogP contribution is 2.36. The lowest BCUT2D eigenvalue weighted by atomic mass is 10.1. The first-order valence-electron chi connectivity index (χ1n) is 7.98. The molecule has 2 aromatic carbocycles. The molecule has 26 heavy (non-hydrogen) atoms. The van der Waals surface area contributed by atoms with Gasteiger partial charge in [0.2, 0.25) is 10.0 Å². The van der Waals surface area contributed by atoms with E-state index in [1.165, 1.54) is 11.4 Å². The monoisotopic (exact) mass is 376 g/mol. The van der Waals surface area contributed by atoms with Gasteiger partial charge in [0.1, 0.15) is 11.5 Å². The first-order valence-corrected chi connectivity index (χ1v) is 9.82. The largest absolute Gasteiger partial charge is 0.497 e. The zero-order chi connectivity index (χ0) is 18.9. The lowest BCUT2D eigenvalue weighted by Gasteiger charge is -2.34. The summed E-state index contributed by atoms with van der Waals surface area (Å²) in [5.41, 5.74) is 1.89. The Hall–Kier alpha value is -2.74. The van der Waals surface area contributed by atoms with Gasteiger partial charge in [0, 0.05) is 11.8 Å². The first kappa shape index (κ1) is 18.1. The number of methoxy groups -OCH3 is 1. The molecule has 0 bridgehead atoms. The van der Waals surface area contributed by atoms with Crippen LogP contribution in [0.4, 0.5) is 11.4 Å². The molecule has 0 radical (unpaired) electrons. The fourth-order valence-electron chi connectivity index (χ4n) is 2.74. The van der Waals surface area contributed by atoms with E-state index in [1.54, 1.807) is 36.4 Å². The molecule has 0 spiro atoms. The molecule has 1 atom stereocenters. The van der Waals surface area contributed by atoms with E-state index in [-0.39, 0.29) is 6.54 Å². The Labute approximate surface area is 152 Å². The summed E-state index contributed by atoms with van der Waals surface area (Å²) in [5, 5.41) is 2.74. The maximum absolute atomic E-state index is 12.6. The summed E-state index contributed by atoms with van der Waals surface area (Å²) in [5.74, 6) is 0.530. The van der Waals surface area contributed by atoms with Gasteiger partial charge in [-0.15, -0.1) is 0 Å². The number of rotatable bonds is 4. The van der Waals surface area contributed by atoms with Crippen LogP contribution in [0, 0.1) is 6.92 Å². The average Bonchev–Trinajstić information content (AvgIpc) is 2.60. The lowest BCUT2D eigenvalue weighted by Crippen LogP contribution is -2.48. The van der Waals surface area contributed by atoms with Gasteiger partial charge in [-0.3, -0.25) is 9.10 Å². The van der Waals surface area contributed by atoms with Crippen LogP contribution in [0.3, 0.4) is 0 Å². The van der Waals surface area contributed by atoms with Crippen molar-refractivity contribution in [1.29, 1.82) is 0 Å². The fourth-order valence-corrected chi connectivity index (χ4v) is 3.64. The van der Waals surface area contributed by atoms with Crippen LogP contribution in [0.1, 0.15) is 5.56 Å². The number of fused-ring (bicyclic) bond motifs is 1. The number of amides is 1. The van der Waals surface area contributed by atoms with Crippen molar-refractivity contribution in [2.45, 2.75) is 13.0 Å². The van der Waals surface area contributed by atoms with Gasteiger partial charge in [-0.1, -0.05) is 12.1 Å². The van der Waals surface area contributed by atoms with Crippen molar-refractivity contribution in [2.75, 3.05) is 29.5 Å². The van der Waals surface area contributed by atoms with E-state index in [2.05, 4.69) is 5.32 Å². The zero-order valence-corrected chi connectivity index (χ0v) is 15.5. The average molecular weight is 376 g/mol. The number of nitrogens with one attached hydrogen (secondary N) is 1. The fraction of sp³-hybridized carbons (Fsp3) is 0.278. The van der Waals surface area contributed by atoms with Crippen molar-refractivity contribution in [3.05, 3.63) is 48.0 Å². The second-order valence-electron chi connectivity index (χ2n) is 6.09. The topological polar surface area (TPSA) is 84.9 Å². The van der Waals surface area contributed by atoms with Gasteiger partial charge in [0.05, 0.1) is 25.6 Å². The highest BCUT2D eigenvalue weighted by Gasteiger charge is 2.35. The summed E-state index contributed by atoms with van der Waals surface area (Å²) in [6.45, 7) is 1.77. The number of anilines is 2. The lowest BCUT2D eigenvalue weighted by molar-refractivity contribution is -0.122. The van der Waals surface area contributed by atoms with E-state index in [4.69, 9.17) is 9.47 Å². The summed E-state index contributed by atoms with van der Waals surface area (Å²) in [6, 6.07) is 12.1. The van der Waals surface area contributed by atoms with Gasteiger partial charge in [-0.2, -0.15) is 0 Å². The Morgan fingerprint density at radius 1 is 1.27 bits per heavy atom. The van der Waals surface area contributed by atoms with Crippen LogP contribution in [-0.2, 0) is 14.8 Å². The summed E-state index contributed by atoms with van der Waals surface area (Å²) >= 11 is 0. The molecule has 1 aliphatic heterocycles. The predicted molar refractivity (Wildman–Crippen MR) is 99.4 cm³/mol. The van der Waals surface area contributed by atoms with Crippen LogP contribution in [0.5, 0.6) is 11.5 Å². The molecule has 1 amide bonds. The Kier molecular flexibility index (Phi) is 4.78. The van der Waals surface area contributed by atoms with Crippen LogP contribution in [0.25, 0.3) is 0 Å². The summed E-state index contributed by atoms with van der Waals surface area (Å²) in [7, 11) is -2.02. The number of carbonyl (C=O) groups excluding carboxylic acids is 1. The molecule has 1 aliphatic rings. The zero-order valence-electron chi connectivity index (χ0n) is 14.7. The summed E-state index contributed by atoms with van der Waals surface area (Å²) in [6.07, 6.45) is 0.146.